The largest absolute Gasteiger partial charge is 0.289 e. The van der Waals surface area contributed by atoms with Crippen LogP contribution in [0.1, 0.15) is 21.5 Å². The molecule has 4 rings (SSSR count). The van der Waals surface area contributed by atoms with Crippen molar-refractivity contribution in [1.29, 1.82) is 0 Å². The van der Waals surface area contributed by atoms with Crippen LogP contribution in [0.25, 0.3) is 10.8 Å². The summed E-state index contributed by atoms with van der Waals surface area (Å²) in [5, 5.41) is 1.82. The molecule has 132 valence electrons. The van der Waals surface area contributed by atoms with Crippen LogP contribution in [0.15, 0.2) is 101 Å². The lowest BCUT2D eigenvalue weighted by atomic mass is 10.00. The average molecular weight is 370 g/mol. The van der Waals surface area contributed by atoms with Crippen LogP contribution in [-0.4, -0.2) is 9.99 Å². The smallest absolute Gasteiger partial charge is 0.194 e. The fourth-order valence-electron chi connectivity index (χ4n) is 3.15. The molecule has 1 unspecified atom stereocenters. The lowest BCUT2D eigenvalue weighted by Gasteiger charge is -2.13. The van der Waals surface area contributed by atoms with Crippen molar-refractivity contribution in [2.24, 2.45) is 0 Å². The van der Waals surface area contributed by atoms with Gasteiger partial charge >= 0.3 is 0 Å². The molecule has 0 fully saturated rings. The molecule has 4 aromatic rings. The summed E-state index contributed by atoms with van der Waals surface area (Å²) in [4.78, 5) is 14.4. The molecule has 1 atom stereocenters. The van der Waals surface area contributed by atoms with Crippen molar-refractivity contribution in [3.05, 3.63) is 108 Å². The van der Waals surface area contributed by atoms with Crippen molar-refractivity contribution in [2.75, 3.05) is 0 Å². The molecular weight excluding hydrogens is 352 g/mol. The number of hydrogen-bond donors (Lipinski definition) is 0. The van der Waals surface area contributed by atoms with Crippen molar-refractivity contribution >= 4 is 27.4 Å². The fraction of sp³-hybridized carbons (Fsp3) is 0.0417. The van der Waals surface area contributed by atoms with Gasteiger partial charge in [0.2, 0.25) is 0 Å². The van der Waals surface area contributed by atoms with Gasteiger partial charge in [0.15, 0.2) is 5.78 Å². The van der Waals surface area contributed by atoms with Gasteiger partial charge in [-0.2, -0.15) is 0 Å². The van der Waals surface area contributed by atoms with Crippen LogP contribution in [0.5, 0.6) is 0 Å². The Hall–Kier alpha value is -3.04. The van der Waals surface area contributed by atoms with Crippen LogP contribution in [0.3, 0.4) is 0 Å². The summed E-state index contributed by atoms with van der Waals surface area (Å²) in [5.41, 5.74) is 2.18. The number of fused-ring (bicyclic) bond motifs is 1. The monoisotopic (exact) mass is 370 g/mol. The van der Waals surface area contributed by atoms with Gasteiger partial charge < -0.3 is 0 Å². The van der Waals surface area contributed by atoms with Crippen molar-refractivity contribution in [1.82, 2.24) is 0 Å². The molecule has 0 saturated carbocycles. The first-order valence-electron chi connectivity index (χ1n) is 8.75. The maximum Gasteiger partial charge on any atom is 0.194 e. The molecule has 0 N–H and O–H groups in total. The predicted molar refractivity (Wildman–Crippen MR) is 110 cm³/mol. The van der Waals surface area contributed by atoms with Gasteiger partial charge in [0.1, 0.15) is 0 Å². The minimum atomic E-state index is -1.46. The SMILES string of the molecule is Cc1ccc(S(=O)c2c(C(=O)c3ccccc3)ccc3ccccc23)cc1. The number of hydrogen-bond acceptors (Lipinski definition) is 2. The van der Waals surface area contributed by atoms with Gasteiger partial charge in [-0.05, 0) is 35.9 Å². The molecule has 4 aromatic carbocycles. The van der Waals surface area contributed by atoms with E-state index in [-0.39, 0.29) is 5.78 Å². The van der Waals surface area contributed by atoms with Crippen molar-refractivity contribution < 1.29 is 9.00 Å². The van der Waals surface area contributed by atoms with Crippen molar-refractivity contribution in [2.45, 2.75) is 16.7 Å². The Balaban J connectivity index is 1.94. The summed E-state index contributed by atoms with van der Waals surface area (Å²) >= 11 is 0. The predicted octanol–water partition coefficient (Wildman–Crippen LogP) is 5.55. The zero-order chi connectivity index (χ0) is 18.8. The summed E-state index contributed by atoms with van der Waals surface area (Å²) < 4.78 is 13.5. The quantitative estimate of drug-likeness (QED) is 0.442. The molecule has 0 saturated heterocycles. The van der Waals surface area contributed by atoms with Gasteiger partial charge in [0.05, 0.1) is 15.7 Å². The first-order valence-corrected chi connectivity index (χ1v) is 9.90. The van der Waals surface area contributed by atoms with E-state index < -0.39 is 10.8 Å². The van der Waals surface area contributed by atoms with E-state index in [1.807, 2.05) is 79.7 Å². The summed E-state index contributed by atoms with van der Waals surface area (Å²) in [6.45, 7) is 2.00. The third-order valence-electron chi connectivity index (χ3n) is 4.58. The fourth-order valence-corrected chi connectivity index (χ4v) is 4.51. The van der Waals surface area contributed by atoms with E-state index in [1.165, 1.54) is 0 Å². The van der Waals surface area contributed by atoms with Crippen LogP contribution in [0.2, 0.25) is 0 Å². The Labute approximate surface area is 160 Å². The van der Waals surface area contributed by atoms with Gasteiger partial charge in [-0.1, -0.05) is 78.4 Å². The first-order chi connectivity index (χ1) is 13.1. The van der Waals surface area contributed by atoms with Gasteiger partial charge in [-0.15, -0.1) is 0 Å². The van der Waals surface area contributed by atoms with Crippen LogP contribution in [-0.2, 0) is 10.8 Å². The first kappa shape index (κ1) is 17.4. The summed E-state index contributed by atoms with van der Waals surface area (Å²) in [6.07, 6.45) is 0. The Kier molecular flexibility index (Phi) is 4.69. The van der Waals surface area contributed by atoms with Crippen LogP contribution in [0.4, 0.5) is 0 Å². The molecule has 0 radical (unpaired) electrons. The van der Waals surface area contributed by atoms with Crippen molar-refractivity contribution in [3.63, 3.8) is 0 Å². The zero-order valence-corrected chi connectivity index (χ0v) is 15.7. The average Bonchev–Trinajstić information content (AvgIpc) is 2.73. The van der Waals surface area contributed by atoms with Gasteiger partial charge in [0.25, 0.3) is 0 Å². The van der Waals surface area contributed by atoms with E-state index >= 15 is 0 Å². The number of rotatable bonds is 4. The summed E-state index contributed by atoms with van der Waals surface area (Å²) in [7, 11) is -1.46. The molecule has 2 nitrogen and oxygen atoms in total. The molecule has 3 heteroatoms. The minimum Gasteiger partial charge on any atom is -0.289 e. The third kappa shape index (κ3) is 3.34. The molecule has 0 aliphatic rings. The second-order valence-corrected chi connectivity index (χ2v) is 7.86. The highest BCUT2D eigenvalue weighted by molar-refractivity contribution is 7.85. The zero-order valence-electron chi connectivity index (χ0n) is 14.9. The number of benzene rings is 4. The number of carbonyl (C=O) groups excluding carboxylic acids is 1. The maximum absolute atomic E-state index is 13.5. The van der Waals surface area contributed by atoms with E-state index in [9.17, 15) is 9.00 Å². The number of aryl methyl sites for hydroxylation is 1. The Morgan fingerprint density at radius 2 is 1.41 bits per heavy atom. The highest BCUT2D eigenvalue weighted by atomic mass is 32.2. The van der Waals surface area contributed by atoms with Gasteiger partial charge in [-0.25, -0.2) is 4.21 Å². The second-order valence-electron chi connectivity index (χ2n) is 6.44. The minimum absolute atomic E-state index is 0.114. The normalized spacial score (nSPS) is 12.0. The molecule has 0 aliphatic heterocycles. The Morgan fingerprint density at radius 3 is 2.15 bits per heavy atom. The molecule has 0 amide bonds. The molecule has 0 aliphatic carbocycles. The van der Waals surface area contributed by atoms with E-state index in [4.69, 9.17) is 0 Å². The van der Waals surface area contributed by atoms with Crippen LogP contribution in [0, 0.1) is 6.92 Å². The highest BCUT2D eigenvalue weighted by Crippen LogP contribution is 2.30. The Morgan fingerprint density at radius 1 is 0.741 bits per heavy atom. The molecule has 0 aromatic heterocycles. The number of ketones is 1. The standard InChI is InChI=1S/C24H18O2S/c1-17-11-14-20(15-12-17)27(26)24-21-10-6-5-7-18(21)13-16-22(24)23(25)19-8-3-2-4-9-19/h2-16H,1H3. The van der Waals surface area contributed by atoms with E-state index in [0.717, 1.165) is 16.3 Å². The summed E-state index contributed by atoms with van der Waals surface area (Å²) in [6, 6.07) is 28.2. The van der Waals surface area contributed by atoms with E-state index in [0.29, 0.717) is 20.9 Å². The van der Waals surface area contributed by atoms with Gasteiger partial charge in [-0.3, -0.25) is 4.79 Å². The molecular formula is C24H18O2S. The molecule has 0 heterocycles. The Bertz CT molecular complexity index is 1150. The second kappa shape index (κ2) is 7.29. The van der Waals surface area contributed by atoms with E-state index in [1.54, 1.807) is 18.2 Å². The van der Waals surface area contributed by atoms with Crippen LogP contribution < -0.4 is 0 Å². The van der Waals surface area contributed by atoms with Gasteiger partial charge in [0, 0.05) is 16.0 Å². The molecule has 0 bridgehead atoms. The topological polar surface area (TPSA) is 34.1 Å². The molecule has 27 heavy (non-hydrogen) atoms. The van der Waals surface area contributed by atoms with Crippen LogP contribution >= 0.6 is 0 Å². The number of carbonyl (C=O) groups is 1. The highest BCUT2D eigenvalue weighted by Gasteiger charge is 2.21. The molecule has 0 spiro atoms. The van der Waals surface area contributed by atoms with Crippen molar-refractivity contribution in [3.8, 4) is 0 Å². The maximum atomic E-state index is 13.5. The van der Waals surface area contributed by atoms with E-state index in [2.05, 4.69) is 0 Å². The lowest BCUT2D eigenvalue weighted by molar-refractivity contribution is 0.103. The summed E-state index contributed by atoms with van der Waals surface area (Å²) in [5.74, 6) is -0.114. The third-order valence-corrected chi connectivity index (χ3v) is 6.09. The lowest BCUT2D eigenvalue weighted by Crippen LogP contribution is -2.08.